The molecule has 1 saturated carbocycles. The maximum Gasteiger partial charge on any atom is 0.244 e. The van der Waals surface area contributed by atoms with Gasteiger partial charge in [0, 0.05) is 12.2 Å². The summed E-state index contributed by atoms with van der Waals surface area (Å²) in [7, 11) is -3.48. The molecule has 0 amide bonds. The van der Waals surface area contributed by atoms with Gasteiger partial charge in [-0.15, -0.1) is 0 Å². The third-order valence-corrected chi connectivity index (χ3v) is 5.68. The Hall–Kier alpha value is -1.66. The van der Waals surface area contributed by atoms with Crippen LogP contribution in [0.3, 0.4) is 0 Å². The van der Waals surface area contributed by atoms with Crippen LogP contribution in [-0.4, -0.2) is 24.2 Å². The Bertz CT molecular complexity index is 732. The highest BCUT2D eigenvalue weighted by Crippen LogP contribution is 2.21. The Labute approximate surface area is 131 Å². The van der Waals surface area contributed by atoms with Gasteiger partial charge in [0.25, 0.3) is 0 Å². The summed E-state index contributed by atoms with van der Waals surface area (Å²) in [5.74, 6) is 0. The first-order valence-corrected chi connectivity index (χ1v) is 9.13. The molecule has 6 heteroatoms. The molecule has 118 valence electrons. The molecule has 0 atom stereocenters. The van der Waals surface area contributed by atoms with Crippen molar-refractivity contribution < 1.29 is 8.42 Å². The predicted octanol–water partition coefficient (Wildman–Crippen LogP) is 2.46. The minimum absolute atomic E-state index is 0.0712. The molecule has 22 heavy (non-hydrogen) atoms. The van der Waals surface area contributed by atoms with Gasteiger partial charge < -0.3 is 0 Å². The normalized spacial score (nSPS) is 16.2. The maximum atomic E-state index is 12.5. The number of benzene rings is 1. The number of rotatable bonds is 5. The molecule has 0 aliphatic heterocycles. The maximum absolute atomic E-state index is 12.5. The van der Waals surface area contributed by atoms with Gasteiger partial charge in [-0.05, 0) is 25.3 Å². The van der Waals surface area contributed by atoms with Crippen molar-refractivity contribution in [2.24, 2.45) is 0 Å². The van der Waals surface area contributed by atoms with Crippen LogP contribution < -0.4 is 4.72 Å². The van der Waals surface area contributed by atoms with Gasteiger partial charge in [0.2, 0.25) is 10.0 Å². The lowest BCUT2D eigenvalue weighted by Crippen LogP contribution is -2.32. The van der Waals surface area contributed by atoms with Crippen molar-refractivity contribution in [3.05, 3.63) is 47.8 Å². The first-order valence-electron chi connectivity index (χ1n) is 7.65. The van der Waals surface area contributed by atoms with Gasteiger partial charge in [0.15, 0.2) is 0 Å². The number of sulfonamides is 1. The minimum atomic E-state index is -3.48. The van der Waals surface area contributed by atoms with E-state index in [2.05, 4.69) is 9.82 Å². The molecule has 0 unspecified atom stereocenters. The van der Waals surface area contributed by atoms with Crippen LogP contribution in [0.15, 0.2) is 41.4 Å². The van der Waals surface area contributed by atoms with E-state index < -0.39 is 10.0 Å². The fourth-order valence-electron chi connectivity index (χ4n) is 2.94. The topological polar surface area (TPSA) is 64.0 Å². The van der Waals surface area contributed by atoms with E-state index in [0.29, 0.717) is 12.2 Å². The fraction of sp³-hybridized carbons (Fsp3) is 0.438. The van der Waals surface area contributed by atoms with Gasteiger partial charge >= 0.3 is 0 Å². The number of nitrogens with zero attached hydrogens (tertiary/aromatic N) is 2. The molecule has 0 radical (unpaired) electrons. The first kappa shape index (κ1) is 15.2. The number of hydrogen-bond acceptors (Lipinski definition) is 3. The van der Waals surface area contributed by atoms with Gasteiger partial charge in [0.1, 0.15) is 4.90 Å². The Morgan fingerprint density at radius 2 is 1.91 bits per heavy atom. The van der Waals surface area contributed by atoms with Crippen LogP contribution in [0.5, 0.6) is 0 Å². The average molecular weight is 319 g/mol. The van der Waals surface area contributed by atoms with E-state index in [1.807, 2.05) is 30.3 Å². The van der Waals surface area contributed by atoms with E-state index >= 15 is 0 Å². The first-order chi connectivity index (χ1) is 10.5. The number of aryl methyl sites for hydroxylation is 1. The highest BCUT2D eigenvalue weighted by Gasteiger charge is 2.25. The van der Waals surface area contributed by atoms with Crippen LogP contribution in [0.1, 0.15) is 36.9 Å². The zero-order valence-corrected chi connectivity index (χ0v) is 13.5. The van der Waals surface area contributed by atoms with Crippen LogP contribution in [0, 0.1) is 6.92 Å². The van der Waals surface area contributed by atoms with E-state index in [-0.39, 0.29) is 10.9 Å². The van der Waals surface area contributed by atoms with Gasteiger partial charge in [-0.3, -0.25) is 4.68 Å². The fourth-order valence-corrected chi connectivity index (χ4v) is 4.43. The van der Waals surface area contributed by atoms with Gasteiger partial charge in [-0.25, -0.2) is 13.1 Å². The highest BCUT2D eigenvalue weighted by molar-refractivity contribution is 7.89. The third kappa shape index (κ3) is 3.39. The zero-order chi connectivity index (χ0) is 15.6. The third-order valence-electron chi connectivity index (χ3n) is 4.06. The molecule has 1 N–H and O–H groups in total. The van der Waals surface area contributed by atoms with Crippen molar-refractivity contribution >= 4 is 10.0 Å². The summed E-state index contributed by atoms with van der Waals surface area (Å²) in [6.07, 6.45) is 5.67. The monoisotopic (exact) mass is 319 g/mol. The smallest absolute Gasteiger partial charge is 0.244 e. The summed E-state index contributed by atoms with van der Waals surface area (Å²) in [4.78, 5) is 0.287. The molecule has 1 aliphatic carbocycles. The lowest BCUT2D eigenvalue weighted by atomic mass is 10.2. The Balaban J connectivity index is 1.79. The van der Waals surface area contributed by atoms with E-state index in [1.54, 1.807) is 17.8 Å². The number of hydrogen-bond donors (Lipinski definition) is 1. The van der Waals surface area contributed by atoms with Crippen LogP contribution >= 0.6 is 0 Å². The second-order valence-corrected chi connectivity index (χ2v) is 7.55. The SMILES string of the molecule is Cc1nn(Cc2ccccc2)cc1S(=O)(=O)NC1CCCC1. The largest absolute Gasteiger partial charge is 0.267 e. The molecule has 0 saturated heterocycles. The van der Waals surface area contributed by atoms with Crippen molar-refractivity contribution in [2.45, 2.75) is 50.1 Å². The molecule has 2 aromatic rings. The molecule has 1 fully saturated rings. The summed E-state index contributed by atoms with van der Waals surface area (Å²) in [5.41, 5.74) is 1.64. The van der Waals surface area contributed by atoms with Gasteiger partial charge in [-0.1, -0.05) is 43.2 Å². The van der Waals surface area contributed by atoms with Crippen LogP contribution in [0.4, 0.5) is 0 Å². The lowest BCUT2D eigenvalue weighted by Gasteiger charge is -2.11. The molecule has 3 rings (SSSR count). The summed E-state index contributed by atoms with van der Waals surface area (Å²) < 4.78 is 29.5. The zero-order valence-electron chi connectivity index (χ0n) is 12.7. The molecule has 1 heterocycles. The number of aromatic nitrogens is 2. The van der Waals surface area contributed by atoms with Crippen molar-refractivity contribution in [2.75, 3.05) is 0 Å². The van der Waals surface area contributed by atoms with Gasteiger partial charge in [0.05, 0.1) is 12.2 Å². The summed E-state index contributed by atoms with van der Waals surface area (Å²) in [5, 5.41) is 4.34. The molecular weight excluding hydrogens is 298 g/mol. The molecule has 1 aliphatic rings. The van der Waals surface area contributed by atoms with E-state index in [9.17, 15) is 8.42 Å². The minimum Gasteiger partial charge on any atom is -0.267 e. The van der Waals surface area contributed by atoms with Crippen LogP contribution in [0.25, 0.3) is 0 Å². The second kappa shape index (κ2) is 6.22. The molecular formula is C16H21N3O2S. The van der Waals surface area contributed by atoms with Crippen molar-refractivity contribution in [1.29, 1.82) is 0 Å². The van der Waals surface area contributed by atoms with Crippen molar-refractivity contribution in [3.63, 3.8) is 0 Å². The van der Waals surface area contributed by atoms with Crippen molar-refractivity contribution in [3.8, 4) is 0 Å². The van der Waals surface area contributed by atoms with Crippen LogP contribution in [0.2, 0.25) is 0 Å². The predicted molar refractivity (Wildman–Crippen MR) is 85.1 cm³/mol. The Morgan fingerprint density at radius 1 is 1.23 bits per heavy atom. The molecule has 5 nitrogen and oxygen atoms in total. The summed E-state index contributed by atoms with van der Waals surface area (Å²) >= 11 is 0. The molecule has 0 bridgehead atoms. The van der Waals surface area contributed by atoms with Gasteiger partial charge in [-0.2, -0.15) is 5.10 Å². The van der Waals surface area contributed by atoms with E-state index in [1.165, 1.54) is 0 Å². The molecule has 1 aromatic heterocycles. The van der Waals surface area contributed by atoms with E-state index in [4.69, 9.17) is 0 Å². The Morgan fingerprint density at radius 3 is 2.59 bits per heavy atom. The molecule has 0 spiro atoms. The standard InChI is InChI=1S/C16H21N3O2S/c1-13-16(22(20,21)18-15-9-5-6-10-15)12-19(17-13)11-14-7-3-2-4-8-14/h2-4,7-8,12,15,18H,5-6,9-11H2,1H3. The summed E-state index contributed by atoms with van der Waals surface area (Å²) in [6.45, 7) is 2.31. The summed E-state index contributed by atoms with van der Waals surface area (Å²) in [6, 6.07) is 9.96. The lowest BCUT2D eigenvalue weighted by molar-refractivity contribution is 0.551. The van der Waals surface area contributed by atoms with E-state index in [0.717, 1.165) is 31.2 Å². The second-order valence-electron chi connectivity index (χ2n) is 5.86. The average Bonchev–Trinajstić information content (AvgIpc) is 3.09. The van der Waals surface area contributed by atoms with Crippen molar-refractivity contribution in [1.82, 2.24) is 14.5 Å². The number of nitrogens with one attached hydrogen (secondary N) is 1. The molecule has 1 aromatic carbocycles. The quantitative estimate of drug-likeness (QED) is 0.921. The Kier molecular flexibility index (Phi) is 4.31. The van der Waals surface area contributed by atoms with Crippen LogP contribution in [-0.2, 0) is 16.6 Å². The highest BCUT2D eigenvalue weighted by atomic mass is 32.2.